The maximum Gasteiger partial charge on any atom is 0.220 e. The average Bonchev–Trinajstić information content (AvgIpc) is 3.28. The molecule has 0 aliphatic carbocycles. The number of hydrogen-bond donors (Lipinski definition) is 12. The fraction of sp³-hybridized carbons (Fsp3) is 0.734. The molecule has 3 rings (SSSR count). The normalized spacial score (nSPS) is 30.1. The van der Waals surface area contributed by atoms with Crippen molar-refractivity contribution in [3.8, 4) is 0 Å². The number of hydrogen-bond acceptors (Lipinski definition) is 18. The average molecular weight is 1180 g/mol. The van der Waals surface area contributed by atoms with Crippen LogP contribution in [0, 0.1) is 0 Å². The molecule has 0 spiro atoms. The molecule has 12 N–H and O–H groups in total. The first-order chi connectivity index (χ1) is 40.3. The second kappa shape index (κ2) is 45.9. The van der Waals surface area contributed by atoms with E-state index in [-0.39, 0.29) is 18.9 Å². The highest BCUT2D eigenvalue weighted by atomic mass is 16.8. The van der Waals surface area contributed by atoms with Crippen molar-refractivity contribution >= 4 is 5.91 Å². The van der Waals surface area contributed by atoms with Crippen LogP contribution in [0.15, 0.2) is 97.2 Å². The van der Waals surface area contributed by atoms with Gasteiger partial charge in [-0.15, -0.1) is 0 Å². The second-order valence-corrected chi connectivity index (χ2v) is 21.8. The molecule has 3 aliphatic rings. The lowest BCUT2D eigenvalue weighted by molar-refractivity contribution is -0.379. The summed E-state index contributed by atoms with van der Waals surface area (Å²) < 4.78 is 34.0. The van der Waals surface area contributed by atoms with E-state index in [9.17, 15) is 61.0 Å². The van der Waals surface area contributed by atoms with Crippen LogP contribution in [0.5, 0.6) is 0 Å². The third-order valence-corrected chi connectivity index (χ3v) is 14.9. The summed E-state index contributed by atoms with van der Waals surface area (Å²) in [5, 5.41) is 119. The molecule has 0 aromatic carbocycles. The Morgan fingerprint density at radius 2 is 0.831 bits per heavy atom. The number of nitrogens with one attached hydrogen (secondary N) is 1. The predicted octanol–water partition coefficient (Wildman–Crippen LogP) is 6.15. The van der Waals surface area contributed by atoms with Crippen LogP contribution in [0.2, 0.25) is 0 Å². The zero-order valence-corrected chi connectivity index (χ0v) is 49.6. The van der Waals surface area contributed by atoms with E-state index in [2.05, 4.69) is 109 Å². The molecule has 0 bridgehead atoms. The van der Waals surface area contributed by atoms with E-state index in [4.69, 9.17) is 28.4 Å². The molecule has 3 aliphatic heterocycles. The van der Waals surface area contributed by atoms with Gasteiger partial charge in [-0.25, -0.2) is 0 Å². The predicted molar refractivity (Wildman–Crippen MR) is 318 cm³/mol. The molecule has 0 aromatic heterocycles. The van der Waals surface area contributed by atoms with Gasteiger partial charge >= 0.3 is 0 Å². The quantitative estimate of drug-likeness (QED) is 0.0241. The van der Waals surface area contributed by atoms with E-state index in [0.717, 1.165) is 96.3 Å². The third kappa shape index (κ3) is 29.3. The summed E-state index contributed by atoms with van der Waals surface area (Å²) >= 11 is 0. The first kappa shape index (κ1) is 74.0. The van der Waals surface area contributed by atoms with Crippen molar-refractivity contribution in [1.82, 2.24) is 5.32 Å². The van der Waals surface area contributed by atoms with Crippen molar-refractivity contribution in [2.75, 3.05) is 26.4 Å². The van der Waals surface area contributed by atoms with Gasteiger partial charge in [0.1, 0.15) is 73.2 Å². The molecule has 0 radical (unpaired) electrons. The van der Waals surface area contributed by atoms with Crippen LogP contribution >= 0.6 is 0 Å². The van der Waals surface area contributed by atoms with Crippen LogP contribution in [0.3, 0.4) is 0 Å². The topological polar surface area (TPSA) is 307 Å². The molecule has 0 aromatic rings. The molecule has 19 heteroatoms. The van der Waals surface area contributed by atoms with Crippen molar-refractivity contribution in [3.63, 3.8) is 0 Å². The minimum absolute atomic E-state index is 0.252. The monoisotopic (exact) mass is 1180 g/mol. The third-order valence-electron chi connectivity index (χ3n) is 14.9. The number of aliphatic hydroxyl groups excluding tert-OH is 11. The summed E-state index contributed by atoms with van der Waals surface area (Å²) in [6.07, 6.45) is 32.1. The molecule has 17 atom stereocenters. The first-order valence-electron chi connectivity index (χ1n) is 31.0. The van der Waals surface area contributed by atoms with Crippen LogP contribution in [-0.2, 0) is 33.2 Å². The van der Waals surface area contributed by atoms with Gasteiger partial charge in [0.15, 0.2) is 18.9 Å². The molecule has 476 valence electrons. The van der Waals surface area contributed by atoms with Crippen LogP contribution < -0.4 is 5.32 Å². The van der Waals surface area contributed by atoms with E-state index in [0.29, 0.717) is 19.3 Å². The molecule has 3 fully saturated rings. The van der Waals surface area contributed by atoms with Crippen LogP contribution in [0.1, 0.15) is 168 Å². The Morgan fingerprint density at radius 3 is 1.28 bits per heavy atom. The molecule has 3 saturated heterocycles. The van der Waals surface area contributed by atoms with E-state index < -0.39 is 124 Å². The van der Waals surface area contributed by atoms with Gasteiger partial charge in [-0.1, -0.05) is 182 Å². The smallest absolute Gasteiger partial charge is 0.220 e. The van der Waals surface area contributed by atoms with Gasteiger partial charge in [-0.05, 0) is 77.0 Å². The fourth-order valence-corrected chi connectivity index (χ4v) is 9.86. The minimum Gasteiger partial charge on any atom is -0.394 e. The molecular weight excluding hydrogens is 1070 g/mol. The van der Waals surface area contributed by atoms with Gasteiger partial charge in [-0.3, -0.25) is 4.79 Å². The molecule has 17 unspecified atom stereocenters. The lowest BCUT2D eigenvalue weighted by atomic mass is 9.96. The Bertz CT molecular complexity index is 1890. The van der Waals surface area contributed by atoms with Gasteiger partial charge in [0.05, 0.1) is 38.6 Å². The number of unbranched alkanes of at least 4 members (excludes halogenated alkanes) is 12. The maximum absolute atomic E-state index is 13.2. The Kier molecular flexibility index (Phi) is 40.9. The molecule has 1 amide bonds. The van der Waals surface area contributed by atoms with E-state index in [1.807, 2.05) is 6.92 Å². The molecule has 19 nitrogen and oxygen atoms in total. The molecule has 0 saturated carbocycles. The Hall–Kier alpha value is -3.29. The highest BCUT2D eigenvalue weighted by Gasteiger charge is 2.53. The zero-order chi connectivity index (χ0) is 60.5. The van der Waals surface area contributed by atoms with Crippen molar-refractivity contribution in [1.29, 1.82) is 0 Å². The largest absolute Gasteiger partial charge is 0.394 e. The van der Waals surface area contributed by atoms with Crippen molar-refractivity contribution in [2.24, 2.45) is 0 Å². The van der Waals surface area contributed by atoms with Crippen LogP contribution in [0.25, 0.3) is 0 Å². The number of carbonyl (C=O) groups excluding carboxylic acids is 1. The van der Waals surface area contributed by atoms with Crippen molar-refractivity contribution < 1.29 is 89.4 Å². The molecule has 3 heterocycles. The summed E-state index contributed by atoms with van der Waals surface area (Å²) in [4.78, 5) is 13.2. The van der Waals surface area contributed by atoms with Gasteiger partial charge < -0.3 is 89.9 Å². The standard InChI is InChI=1S/C64H107NO18/c1-3-5-7-8-9-10-11-12-13-14-15-16-17-18-19-20-21-22-23-24-25-26-27-28-29-30-31-32-33-34-35-36-37-38-40-42-52(70)65-47(48(69)41-39-6-4-2)46-78-62-58(76)55(73)60(50(44-67)80-62)83-64-59(77)56(74)61(51(45-68)81-64)82-63-57(75)54(72)53(71)49(43-66)79-63/h5,7,9-10,12-13,15-16,18-19,21-22,24-25,27-28,47-51,53-64,66-69,71-77H,3-4,6,8,11,14,17,20,23,26,29-46H2,1-2H3,(H,65,70)/b7-5-,10-9-,13-12-,16-15-,19-18-,22-21-,25-24-,28-27-. The highest BCUT2D eigenvalue weighted by molar-refractivity contribution is 5.76. The van der Waals surface area contributed by atoms with Gasteiger partial charge in [0, 0.05) is 6.42 Å². The number of carbonyl (C=O) groups is 1. The summed E-state index contributed by atoms with van der Waals surface area (Å²) in [5.41, 5.74) is 0. The number of aliphatic hydroxyl groups is 11. The molecule has 83 heavy (non-hydrogen) atoms. The van der Waals surface area contributed by atoms with Gasteiger partial charge in [0.25, 0.3) is 0 Å². The van der Waals surface area contributed by atoms with Gasteiger partial charge in [0.2, 0.25) is 5.91 Å². The molecular formula is C64H107NO18. The Labute approximate surface area is 494 Å². The number of amides is 1. The SMILES string of the molecule is CC/C=C\C/C=C\C/C=C\C/C=C\C/C=C\C/C=C\C/C=C\C/C=C\CCCCCCCCCCCCC(=O)NC(COC1OC(CO)C(OC2OC(CO)C(OC3OC(CO)C(O)C(O)C3O)C(O)C2O)C(O)C1O)C(O)CCCCC. The highest BCUT2D eigenvalue weighted by Crippen LogP contribution is 2.33. The number of rotatable bonds is 44. The Balaban J connectivity index is 1.27. The minimum atomic E-state index is -1.97. The summed E-state index contributed by atoms with van der Waals surface area (Å²) in [6, 6.07) is -0.891. The summed E-state index contributed by atoms with van der Waals surface area (Å²) in [5.74, 6) is -0.265. The van der Waals surface area contributed by atoms with Crippen molar-refractivity contribution in [2.45, 2.75) is 272 Å². The zero-order valence-electron chi connectivity index (χ0n) is 49.6. The van der Waals surface area contributed by atoms with Crippen LogP contribution in [-0.4, -0.2) is 193 Å². The van der Waals surface area contributed by atoms with Crippen molar-refractivity contribution in [3.05, 3.63) is 97.2 Å². The van der Waals surface area contributed by atoms with Gasteiger partial charge in [-0.2, -0.15) is 0 Å². The maximum atomic E-state index is 13.2. The lowest BCUT2D eigenvalue weighted by Gasteiger charge is -2.48. The van der Waals surface area contributed by atoms with Crippen LogP contribution in [0.4, 0.5) is 0 Å². The summed E-state index contributed by atoms with van der Waals surface area (Å²) in [7, 11) is 0. The lowest BCUT2D eigenvalue weighted by Crippen LogP contribution is -2.66. The Morgan fingerprint density at radius 1 is 0.446 bits per heavy atom. The van der Waals surface area contributed by atoms with E-state index in [1.54, 1.807) is 0 Å². The van der Waals surface area contributed by atoms with E-state index in [1.165, 1.54) is 32.1 Å². The fourth-order valence-electron chi connectivity index (χ4n) is 9.86. The summed E-state index contributed by atoms with van der Waals surface area (Å²) in [6.45, 7) is 1.45. The number of allylic oxidation sites excluding steroid dienone is 16. The van der Waals surface area contributed by atoms with E-state index >= 15 is 0 Å². The number of ether oxygens (including phenoxy) is 6. The first-order valence-corrected chi connectivity index (χ1v) is 31.0. The second-order valence-electron chi connectivity index (χ2n) is 21.8.